The molecule has 3 aromatic rings. The number of thiophene rings is 1. The van der Waals surface area contributed by atoms with E-state index in [9.17, 15) is 15.2 Å². The highest BCUT2D eigenvalue weighted by Gasteiger charge is 2.13. The molecular formula is C13H10N4O3S. The third kappa shape index (κ3) is 2.48. The molecule has 2 heterocycles. The highest BCUT2D eigenvalue weighted by molar-refractivity contribution is 7.18. The molecule has 0 atom stereocenters. The van der Waals surface area contributed by atoms with Crippen LogP contribution in [0, 0.1) is 17.0 Å². The van der Waals surface area contributed by atoms with Gasteiger partial charge in [0.1, 0.15) is 22.7 Å². The molecule has 0 aliphatic rings. The SMILES string of the molecule is Cc1cc2c(Nc3cc([N+](=O)[O-])ccc3O)ncnc2s1. The molecule has 0 radical (unpaired) electrons. The third-order valence-corrected chi connectivity index (χ3v) is 3.86. The van der Waals surface area contributed by atoms with E-state index in [2.05, 4.69) is 15.3 Å². The molecule has 0 aliphatic heterocycles. The van der Waals surface area contributed by atoms with Crippen LogP contribution in [0.2, 0.25) is 0 Å². The van der Waals surface area contributed by atoms with Gasteiger partial charge in [0.2, 0.25) is 0 Å². The molecular weight excluding hydrogens is 292 g/mol. The summed E-state index contributed by atoms with van der Waals surface area (Å²) in [6, 6.07) is 5.71. The Bertz CT molecular complexity index is 847. The van der Waals surface area contributed by atoms with E-state index >= 15 is 0 Å². The molecule has 2 aromatic heterocycles. The summed E-state index contributed by atoms with van der Waals surface area (Å²) in [5.74, 6) is 0.416. The van der Waals surface area contributed by atoms with Gasteiger partial charge < -0.3 is 10.4 Å². The van der Waals surface area contributed by atoms with Crippen molar-refractivity contribution in [2.45, 2.75) is 6.92 Å². The van der Waals surface area contributed by atoms with Gasteiger partial charge in [0.25, 0.3) is 5.69 Å². The average molecular weight is 302 g/mol. The number of nitrogens with zero attached hydrogens (tertiary/aromatic N) is 3. The molecule has 0 saturated carbocycles. The van der Waals surface area contributed by atoms with Gasteiger partial charge in [-0.2, -0.15) is 0 Å². The molecule has 0 spiro atoms. The van der Waals surface area contributed by atoms with Gasteiger partial charge in [0.05, 0.1) is 16.0 Å². The van der Waals surface area contributed by atoms with Gasteiger partial charge in [0.15, 0.2) is 0 Å². The Kier molecular flexibility index (Phi) is 3.15. The van der Waals surface area contributed by atoms with E-state index < -0.39 is 4.92 Å². The molecule has 106 valence electrons. The average Bonchev–Trinajstić information content (AvgIpc) is 2.82. The lowest BCUT2D eigenvalue weighted by Gasteiger charge is -2.08. The Labute approximate surface area is 123 Å². The second-order valence-electron chi connectivity index (χ2n) is 4.38. The van der Waals surface area contributed by atoms with Crippen molar-refractivity contribution < 1.29 is 10.0 Å². The van der Waals surface area contributed by atoms with Crippen molar-refractivity contribution in [2.75, 3.05) is 5.32 Å². The molecule has 2 N–H and O–H groups in total. The topological polar surface area (TPSA) is 101 Å². The van der Waals surface area contributed by atoms with Crippen LogP contribution in [0.25, 0.3) is 10.2 Å². The van der Waals surface area contributed by atoms with Crippen molar-refractivity contribution in [3.63, 3.8) is 0 Å². The van der Waals surface area contributed by atoms with Crippen molar-refractivity contribution in [1.29, 1.82) is 0 Å². The minimum atomic E-state index is -0.519. The summed E-state index contributed by atoms with van der Waals surface area (Å²) < 4.78 is 0. The molecule has 0 amide bonds. The predicted octanol–water partition coefficient (Wildman–Crippen LogP) is 3.36. The first-order chi connectivity index (χ1) is 10.0. The Balaban J connectivity index is 2.06. The third-order valence-electron chi connectivity index (χ3n) is 2.90. The zero-order valence-corrected chi connectivity index (χ0v) is 11.7. The van der Waals surface area contributed by atoms with Crippen molar-refractivity contribution >= 4 is 38.7 Å². The maximum atomic E-state index is 10.8. The van der Waals surface area contributed by atoms with Crippen LogP contribution in [0.15, 0.2) is 30.6 Å². The summed E-state index contributed by atoms with van der Waals surface area (Å²) >= 11 is 1.53. The van der Waals surface area contributed by atoms with Crippen LogP contribution in [0.3, 0.4) is 0 Å². The summed E-state index contributed by atoms with van der Waals surface area (Å²) in [7, 11) is 0. The zero-order valence-electron chi connectivity index (χ0n) is 10.9. The first-order valence-electron chi connectivity index (χ1n) is 6.00. The lowest BCUT2D eigenvalue weighted by Crippen LogP contribution is -1.96. The number of nitrogens with one attached hydrogen (secondary N) is 1. The summed E-state index contributed by atoms with van der Waals surface area (Å²) in [5, 5.41) is 24.4. The number of hydrogen-bond donors (Lipinski definition) is 2. The Morgan fingerprint density at radius 3 is 2.90 bits per heavy atom. The maximum absolute atomic E-state index is 10.8. The number of phenolic OH excluding ortho intramolecular Hbond substituents is 1. The number of nitro groups is 1. The first-order valence-corrected chi connectivity index (χ1v) is 6.82. The number of aryl methyl sites for hydroxylation is 1. The second-order valence-corrected chi connectivity index (χ2v) is 5.62. The molecule has 0 bridgehead atoms. The minimum Gasteiger partial charge on any atom is -0.506 e. The van der Waals surface area contributed by atoms with Gasteiger partial charge in [-0.15, -0.1) is 11.3 Å². The van der Waals surface area contributed by atoms with Crippen LogP contribution in [0.5, 0.6) is 5.75 Å². The number of nitro benzene ring substituents is 1. The smallest absolute Gasteiger partial charge is 0.271 e. The fraction of sp³-hybridized carbons (Fsp3) is 0.0769. The van der Waals surface area contributed by atoms with E-state index in [1.807, 2.05) is 13.0 Å². The van der Waals surface area contributed by atoms with Crippen LogP contribution in [-0.4, -0.2) is 20.0 Å². The van der Waals surface area contributed by atoms with Crippen molar-refractivity contribution in [3.8, 4) is 5.75 Å². The van der Waals surface area contributed by atoms with Crippen LogP contribution in [-0.2, 0) is 0 Å². The van der Waals surface area contributed by atoms with E-state index in [0.717, 1.165) is 15.1 Å². The molecule has 1 aromatic carbocycles. The summed E-state index contributed by atoms with van der Waals surface area (Å²) in [4.78, 5) is 20.5. The highest BCUT2D eigenvalue weighted by Crippen LogP contribution is 2.33. The number of phenols is 1. The maximum Gasteiger partial charge on any atom is 0.271 e. The number of benzene rings is 1. The molecule has 7 nitrogen and oxygen atoms in total. The Hall–Kier alpha value is -2.74. The molecule has 0 fully saturated rings. The lowest BCUT2D eigenvalue weighted by atomic mass is 10.2. The van der Waals surface area contributed by atoms with Gasteiger partial charge in [-0.3, -0.25) is 10.1 Å². The Morgan fingerprint density at radius 2 is 2.14 bits per heavy atom. The Morgan fingerprint density at radius 1 is 1.33 bits per heavy atom. The van der Waals surface area contributed by atoms with E-state index in [-0.39, 0.29) is 17.1 Å². The second kappa shape index (κ2) is 4.98. The van der Waals surface area contributed by atoms with E-state index in [1.165, 1.54) is 35.9 Å². The van der Waals surface area contributed by atoms with Crippen molar-refractivity contribution in [2.24, 2.45) is 0 Å². The molecule has 0 aliphatic carbocycles. The van der Waals surface area contributed by atoms with Crippen LogP contribution >= 0.6 is 11.3 Å². The molecule has 0 saturated heterocycles. The van der Waals surface area contributed by atoms with Crippen LogP contribution < -0.4 is 5.32 Å². The highest BCUT2D eigenvalue weighted by atomic mass is 32.1. The first kappa shape index (κ1) is 13.3. The normalized spacial score (nSPS) is 10.7. The van der Waals surface area contributed by atoms with Crippen molar-refractivity contribution in [1.82, 2.24) is 9.97 Å². The lowest BCUT2D eigenvalue weighted by molar-refractivity contribution is -0.384. The molecule has 21 heavy (non-hydrogen) atoms. The van der Waals surface area contributed by atoms with Gasteiger partial charge >= 0.3 is 0 Å². The quantitative estimate of drug-likeness (QED) is 0.437. The molecule has 0 unspecified atom stereocenters. The van der Waals surface area contributed by atoms with Gasteiger partial charge in [-0.1, -0.05) is 0 Å². The zero-order chi connectivity index (χ0) is 15.0. The fourth-order valence-corrected chi connectivity index (χ4v) is 2.79. The van der Waals surface area contributed by atoms with Crippen molar-refractivity contribution in [3.05, 3.63) is 45.6 Å². The standard InChI is InChI=1S/C13H10N4O3S/c1-7-4-9-12(14-6-15-13(9)21-7)16-10-5-8(17(19)20)2-3-11(10)18/h2-6,18H,1H3,(H,14,15,16). The monoisotopic (exact) mass is 302 g/mol. The van der Waals surface area contributed by atoms with Crippen LogP contribution in [0.1, 0.15) is 4.88 Å². The summed E-state index contributed by atoms with van der Waals surface area (Å²) in [6.07, 6.45) is 1.41. The number of aromatic nitrogens is 2. The number of aromatic hydroxyl groups is 1. The molecule has 3 rings (SSSR count). The number of fused-ring (bicyclic) bond motifs is 1. The minimum absolute atomic E-state index is 0.0840. The number of anilines is 2. The number of hydrogen-bond acceptors (Lipinski definition) is 7. The predicted molar refractivity (Wildman–Crippen MR) is 80.2 cm³/mol. The van der Waals surface area contributed by atoms with Crippen LogP contribution in [0.4, 0.5) is 17.2 Å². The largest absolute Gasteiger partial charge is 0.506 e. The summed E-state index contributed by atoms with van der Waals surface area (Å²) in [6.45, 7) is 1.96. The van der Waals surface area contributed by atoms with E-state index in [4.69, 9.17) is 0 Å². The number of rotatable bonds is 3. The fourth-order valence-electron chi connectivity index (χ4n) is 1.94. The molecule has 8 heteroatoms. The summed E-state index contributed by atoms with van der Waals surface area (Å²) in [5.41, 5.74) is 0.121. The van der Waals surface area contributed by atoms with Gasteiger partial charge in [-0.25, -0.2) is 9.97 Å². The number of non-ortho nitro benzene ring substituents is 1. The van der Waals surface area contributed by atoms with E-state index in [1.54, 1.807) is 0 Å². The van der Waals surface area contributed by atoms with Gasteiger partial charge in [0, 0.05) is 17.0 Å². The van der Waals surface area contributed by atoms with Gasteiger partial charge in [-0.05, 0) is 19.1 Å². The van der Waals surface area contributed by atoms with E-state index in [0.29, 0.717) is 5.82 Å².